The van der Waals surface area contributed by atoms with Crippen LogP contribution in [-0.4, -0.2) is 11.7 Å². The van der Waals surface area contributed by atoms with Crippen LogP contribution >= 0.6 is 11.6 Å². The van der Waals surface area contributed by atoms with Crippen LogP contribution in [0.15, 0.2) is 48.5 Å². The molecule has 1 N–H and O–H groups in total. The molecule has 0 amide bonds. The molecule has 1 nitrogen and oxygen atoms in total. The van der Waals surface area contributed by atoms with Gasteiger partial charge >= 0.3 is 0 Å². The molecule has 0 bridgehead atoms. The SMILES string of the molecule is OCC(=Cc1ccccc1Cl)c1ccc(F)cc1. The van der Waals surface area contributed by atoms with Crippen LogP contribution in [0, 0.1) is 5.82 Å². The van der Waals surface area contributed by atoms with Gasteiger partial charge < -0.3 is 5.11 Å². The van der Waals surface area contributed by atoms with E-state index in [9.17, 15) is 9.50 Å². The number of rotatable bonds is 3. The van der Waals surface area contributed by atoms with Crippen LogP contribution in [0.4, 0.5) is 4.39 Å². The standard InChI is InChI=1S/C15H12ClFO/c16-15-4-2-1-3-12(15)9-13(10-18)11-5-7-14(17)8-6-11/h1-9,18H,10H2. The molecular weight excluding hydrogens is 251 g/mol. The molecule has 0 saturated heterocycles. The Morgan fingerprint density at radius 1 is 1.11 bits per heavy atom. The highest BCUT2D eigenvalue weighted by atomic mass is 35.5. The zero-order valence-corrected chi connectivity index (χ0v) is 10.4. The number of aliphatic hydroxyl groups excluding tert-OH is 1. The molecule has 0 saturated carbocycles. The number of benzene rings is 2. The Labute approximate surface area is 110 Å². The van der Waals surface area contributed by atoms with Gasteiger partial charge in [0.05, 0.1) is 6.61 Å². The topological polar surface area (TPSA) is 20.2 Å². The summed E-state index contributed by atoms with van der Waals surface area (Å²) >= 11 is 6.05. The highest BCUT2D eigenvalue weighted by Crippen LogP contribution is 2.22. The fourth-order valence-corrected chi connectivity index (χ4v) is 1.85. The van der Waals surface area contributed by atoms with E-state index in [0.29, 0.717) is 10.6 Å². The van der Waals surface area contributed by atoms with Gasteiger partial charge in [-0.2, -0.15) is 0 Å². The molecule has 0 heterocycles. The summed E-state index contributed by atoms with van der Waals surface area (Å²) < 4.78 is 12.8. The molecular formula is C15H12ClFO. The molecule has 0 aliphatic carbocycles. The van der Waals surface area contributed by atoms with Crippen molar-refractivity contribution in [2.45, 2.75) is 0 Å². The smallest absolute Gasteiger partial charge is 0.123 e. The summed E-state index contributed by atoms with van der Waals surface area (Å²) in [6, 6.07) is 13.4. The van der Waals surface area contributed by atoms with Gasteiger partial charge in [-0.05, 0) is 41.0 Å². The van der Waals surface area contributed by atoms with E-state index in [1.54, 1.807) is 24.3 Å². The normalized spacial score (nSPS) is 11.6. The lowest BCUT2D eigenvalue weighted by Gasteiger charge is -2.06. The molecule has 2 aromatic rings. The Bertz CT molecular complexity index is 561. The molecule has 2 aromatic carbocycles. The van der Waals surface area contributed by atoms with Gasteiger partial charge in [0, 0.05) is 5.02 Å². The van der Waals surface area contributed by atoms with E-state index in [1.807, 2.05) is 18.2 Å². The minimum atomic E-state index is -0.297. The van der Waals surface area contributed by atoms with E-state index in [4.69, 9.17) is 11.6 Å². The second-order valence-corrected chi connectivity index (χ2v) is 4.26. The highest BCUT2D eigenvalue weighted by molar-refractivity contribution is 6.32. The molecule has 2 rings (SSSR count). The minimum absolute atomic E-state index is 0.128. The zero-order chi connectivity index (χ0) is 13.0. The summed E-state index contributed by atoms with van der Waals surface area (Å²) in [7, 11) is 0. The number of halogens is 2. The molecule has 0 fully saturated rings. The third-order valence-electron chi connectivity index (χ3n) is 2.62. The molecule has 0 aliphatic heterocycles. The van der Waals surface area contributed by atoms with Crippen molar-refractivity contribution < 1.29 is 9.50 Å². The molecule has 92 valence electrons. The van der Waals surface area contributed by atoms with Gasteiger partial charge in [-0.1, -0.05) is 41.9 Å². The Balaban J connectivity index is 2.40. The predicted octanol–water partition coefficient (Wildman–Crippen LogP) is 4.01. The van der Waals surface area contributed by atoms with Crippen molar-refractivity contribution in [3.8, 4) is 0 Å². The van der Waals surface area contributed by atoms with Crippen LogP contribution in [0.5, 0.6) is 0 Å². The van der Waals surface area contributed by atoms with E-state index < -0.39 is 0 Å². The number of aliphatic hydroxyl groups is 1. The fourth-order valence-electron chi connectivity index (χ4n) is 1.66. The van der Waals surface area contributed by atoms with E-state index in [-0.39, 0.29) is 12.4 Å². The van der Waals surface area contributed by atoms with E-state index >= 15 is 0 Å². The molecule has 0 aromatic heterocycles. The molecule has 3 heteroatoms. The summed E-state index contributed by atoms with van der Waals surface area (Å²) in [5.74, 6) is -0.297. The molecule has 18 heavy (non-hydrogen) atoms. The molecule has 0 atom stereocenters. The maximum Gasteiger partial charge on any atom is 0.123 e. The van der Waals surface area contributed by atoms with Gasteiger partial charge in [0.15, 0.2) is 0 Å². The summed E-state index contributed by atoms with van der Waals surface area (Å²) in [5.41, 5.74) is 2.30. The number of hydrogen-bond acceptors (Lipinski definition) is 1. The van der Waals surface area contributed by atoms with Crippen molar-refractivity contribution in [2.24, 2.45) is 0 Å². The van der Waals surface area contributed by atoms with Crippen LogP contribution in [0.25, 0.3) is 11.6 Å². The van der Waals surface area contributed by atoms with Crippen LogP contribution in [0.1, 0.15) is 11.1 Å². The lowest BCUT2D eigenvalue weighted by Crippen LogP contribution is -1.91. The second-order valence-electron chi connectivity index (χ2n) is 3.86. The fraction of sp³-hybridized carbons (Fsp3) is 0.0667. The van der Waals surface area contributed by atoms with E-state index in [0.717, 1.165) is 11.1 Å². The van der Waals surface area contributed by atoms with Gasteiger partial charge in [0.1, 0.15) is 5.82 Å². The monoisotopic (exact) mass is 262 g/mol. The molecule has 0 radical (unpaired) electrons. The Morgan fingerprint density at radius 3 is 2.39 bits per heavy atom. The van der Waals surface area contributed by atoms with Gasteiger partial charge in [0.2, 0.25) is 0 Å². The quantitative estimate of drug-likeness (QED) is 0.829. The Kier molecular flexibility index (Phi) is 4.13. The maximum absolute atomic E-state index is 12.8. The second kappa shape index (κ2) is 5.80. The van der Waals surface area contributed by atoms with Crippen LogP contribution in [0.2, 0.25) is 5.02 Å². The molecule has 0 unspecified atom stereocenters. The Hall–Kier alpha value is -1.64. The molecule has 0 spiro atoms. The van der Waals surface area contributed by atoms with Gasteiger partial charge in [-0.15, -0.1) is 0 Å². The van der Waals surface area contributed by atoms with Crippen molar-refractivity contribution in [2.75, 3.05) is 6.61 Å². The zero-order valence-electron chi connectivity index (χ0n) is 9.61. The minimum Gasteiger partial charge on any atom is -0.392 e. The lowest BCUT2D eigenvalue weighted by molar-refractivity contribution is 0.350. The van der Waals surface area contributed by atoms with Crippen molar-refractivity contribution in [3.05, 3.63) is 70.5 Å². The maximum atomic E-state index is 12.8. The van der Waals surface area contributed by atoms with Crippen LogP contribution < -0.4 is 0 Å². The average Bonchev–Trinajstić information content (AvgIpc) is 2.39. The van der Waals surface area contributed by atoms with Crippen molar-refractivity contribution in [1.82, 2.24) is 0 Å². The first-order valence-corrected chi connectivity index (χ1v) is 5.90. The lowest BCUT2D eigenvalue weighted by atomic mass is 10.0. The summed E-state index contributed by atoms with van der Waals surface area (Å²) in [6.45, 7) is -0.128. The average molecular weight is 263 g/mol. The van der Waals surface area contributed by atoms with Gasteiger partial charge in [-0.25, -0.2) is 4.39 Å². The van der Waals surface area contributed by atoms with Crippen LogP contribution in [0.3, 0.4) is 0 Å². The number of hydrogen-bond donors (Lipinski definition) is 1. The third kappa shape index (κ3) is 2.97. The predicted molar refractivity (Wildman–Crippen MR) is 72.8 cm³/mol. The first-order chi connectivity index (χ1) is 8.70. The van der Waals surface area contributed by atoms with Crippen molar-refractivity contribution in [1.29, 1.82) is 0 Å². The van der Waals surface area contributed by atoms with Gasteiger partial charge in [0.25, 0.3) is 0 Å². The molecule has 0 aliphatic rings. The van der Waals surface area contributed by atoms with Crippen LogP contribution in [-0.2, 0) is 0 Å². The van der Waals surface area contributed by atoms with E-state index in [1.165, 1.54) is 12.1 Å². The largest absolute Gasteiger partial charge is 0.392 e. The summed E-state index contributed by atoms with van der Waals surface area (Å²) in [6.07, 6.45) is 1.80. The highest BCUT2D eigenvalue weighted by Gasteiger charge is 2.03. The van der Waals surface area contributed by atoms with Crippen molar-refractivity contribution >= 4 is 23.3 Å². The summed E-state index contributed by atoms with van der Waals surface area (Å²) in [4.78, 5) is 0. The first kappa shape index (κ1) is 12.8. The summed E-state index contributed by atoms with van der Waals surface area (Å²) in [5, 5.41) is 10.0. The Morgan fingerprint density at radius 2 is 1.78 bits per heavy atom. The first-order valence-electron chi connectivity index (χ1n) is 5.52. The van der Waals surface area contributed by atoms with E-state index in [2.05, 4.69) is 0 Å². The van der Waals surface area contributed by atoms with Crippen molar-refractivity contribution in [3.63, 3.8) is 0 Å². The third-order valence-corrected chi connectivity index (χ3v) is 2.96. The van der Waals surface area contributed by atoms with Gasteiger partial charge in [-0.3, -0.25) is 0 Å².